The average molecular weight is 497 g/mol. The molecule has 2 aliphatic rings. The lowest BCUT2D eigenvalue weighted by molar-refractivity contribution is 0.473. The van der Waals surface area contributed by atoms with E-state index in [-0.39, 0.29) is 11.1 Å². The van der Waals surface area contributed by atoms with E-state index in [4.69, 9.17) is 30.5 Å². The van der Waals surface area contributed by atoms with Gasteiger partial charge in [0.2, 0.25) is 0 Å². The van der Waals surface area contributed by atoms with Crippen LogP contribution in [0.25, 0.3) is 33.1 Å². The molecule has 0 saturated heterocycles. The molecule has 0 amide bonds. The van der Waals surface area contributed by atoms with Crippen molar-refractivity contribution in [1.82, 2.24) is 0 Å². The van der Waals surface area contributed by atoms with Crippen LogP contribution in [-0.4, -0.2) is 0 Å². The van der Waals surface area contributed by atoms with Gasteiger partial charge in [-0.05, 0) is 72.2 Å². The molecule has 0 radical (unpaired) electrons. The van der Waals surface area contributed by atoms with Crippen LogP contribution in [0.1, 0.15) is 48.9 Å². The highest BCUT2D eigenvalue weighted by Crippen LogP contribution is 2.49. The first kappa shape index (κ1) is 25.8. The maximum Gasteiger partial charge on any atom is 0.138 e. The topological polar surface area (TPSA) is 114 Å². The highest BCUT2D eigenvalue weighted by molar-refractivity contribution is 6.09. The van der Waals surface area contributed by atoms with E-state index >= 15 is 0 Å². The largest absolute Gasteiger partial charge is 0.464 e. The lowest BCUT2D eigenvalue weighted by Crippen LogP contribution is -2.11. The number of benzene rings is 3. The summed E-state index contributed by atoms with van der Waals surface area (Å²) < 4.78 is 12.0. The van der Waals surface area contributed by atoms with Crippen molar-refractivity contribution in [3.63, 3.8) is 0 Å². The molecule has 0 aromatic heterocycles. The van der Waals surface area contributed by atoms with Gasteiger partial charge in [0, 0.05) is 21.2 Å². The highest BCUT2D eigenvalue weighted by Gasteiger charge is 2.26. The molecular formula is C32H24N4O2. The van der Waals surface area contributed by atoms with E-state index in [9.17, 15) is 0 Å². The number of aryl methyl sites for hydroxylation is 2. The predicted molar refractivity (Wildman–Crippen MR) is 146 cm³/mol. The van der Waals surface area contributed by atoms with E-state index in [1.807, 2.05) is 12.5 Å². The van der Waals surface area contributed by atoms with Crippen molar-refractivity contribution in [2.75, 3.05) is 0 Å². The SMILES string of the molecule is CCC1=COc2c(C)cc3c4c(c(C)cc1c24)OC=C3CC.N#CC(C#N)=c1ccc(=C(C#N)C#N)cc1. The Labute approximate surface area is 221 Å². The van der Waals surface area contributed by atoms with Crippen molar-refractivity contribution in [3.8, 4) is 35.8 Å². The minimum atomic E-state index is 0.00187. The summed E-state index contributed by atoms with van der Waals surface area (Å²) >= 11 is 0. The summed E-state index contributed by atoms with van der Waals surface area (Å²) in [6.07, 6.45) is 5.75. The molecule has 0 N–H and O–H groups in total. The minimum Gasteiger partial charge on any atom is -0.464 e. The van der Waals surface area contributed by atoms with E-state index in [0.717, 1.165) is 24.3 Å². The van der Waals surface area contributed by atoms with Crippen LogP contribution in [0.5, 0.6) is 11.5 Å². The zero-order valence-corrected chi connectivity index (χ0v) is 21.6. The molecule has 2 aliphatic heterocycles. The summed E-state index contributed by atoms with van der Waals surface area (Å²) in [7, 11) is 0. The molecule has 6 heteroatoms. The summed E-state index contributed by atoms with van der Waals surface area (Å²) in [4.78, 5) is 0. The zero-order chi connectivity index (χ0) is 27.4. The number of hydrogen-bond donors (Lipinski definition) is 0. The van der Waals surface area contributed by atoms with Crippen LogP contribution in [0.15, 0.2) is 48.9 Å². The molecule has 3 aromatic carbocycles. The van der Waals surface area contributed by atoms with Gasteiger partial charge in [-0.3, -0.25) is 0 Å². The van der Waals surface area contributed by atoms with Crippen LogP contribution in [0.3, 0.4) is 0 Å². The van der Waals surface area contributed by atoms with Crippen LogP contribution in [-0.2, 0) is 0 Å². The molecular weight excluding hydrogens is 472 g/mol. The molecule has 0 fully saturated rings. The first-order valence-electron chi connectivity index (χ1n) is 12.2. The fraction of sp³-hybridized carbons (Fsp3) is 0.188. The summed E-state index contributed by atoms with van der Waals surface area (Å²) in [5, 5.41) is 37.9. The molecule has 0 spiro atoms. The van der Waals surface area contributed by atoms with Gasteiger partial charge in [0.05, 0.1) is 12.5 Å². The smallest absolute Gasteiger partial charge is 0.138 e. The molecule has 38 heavy (non-hydrogen) atoms. The molecule has 0 aliphatic carbocycles. The van der Waals surface area contributed by atoms with Gasteiger partial charge < -0.3 is 9.47 Å². The van der Waals surface area contributed by atoms with E-state index in [2.05, 4.69) is 39.8 Å². The molecule has 6 nitrogen and oxygen atoms in total. The second kappa shape index (κ2) is 10.8. The maximum atomic E-state index is 8.63. The molecule has 0 bridgehead atoms. The number of nitriles is 4. The highest BCUT2D eigenvalue weighted by atomic mass is 16.5. The third-order valence-corrected chi connectivity index (χ3v) is 6.68. The maximum absolute atomic E-state index is 8.63. The van der Waals surface area contributed by atoms with Gasteiger partial charge in [0.1, 0.15) is 46.9 Å². The number of hydrogen-bond acceptors (Lipinski definition) is 6. The van der Waals surface area contributed by atoms with Crippen molar-refractivity contribution in [2.24, 2.45) is 0 Å². The summed E-state index contributed by atoms with van der Waals surface area (Å²) in [5.41, 5.74) is 7.48. The molecule has 0 atom stereocenters. The van der Waals surface area contributed by atoms with Crippen LogP contribution in [0.2, 0.25) is 0 Å². The molecule has 184 valence electrons. The van der Waals surface area contributed by atoms with Gasteiger partial charge >= 0.3 is 0 Å². The molecule has 0 saturated carbocycles. The Balaban J connectivity index is 0.000000188. The molecule has 5 rings (SSSR count). The van der Waals surface area contributed by atoms with Crippen LogP contribution < -0.4 is 19.9 Å². The minimum absolute atomic E-state index is 0.00187. The Morgan fingerprint density at radius 1 is 0.632 bits per heavy atom. The van der Waals surface area contributed by atoms with E-state index in [0.29, 0.717) is 10.4 Å². The zero-order valence-electron chi connectivity index (χ0n) is 21.6. The first-order valence-corrected chi connectivity index (χ1v) is 12.2. The van der Waals surface area contributed by atoms with Crippen molar-refractivity contribution in [3.05, 3.63) is 81.6 Å². The number of allylic oxidation sites excluding steroid dienone is 2. The Bertz CT molecular complexity index is 1660. The predicted octanol–water partition coefficient (Wildman–Crippen LogP) is 5.83. The first-order chi connectivity index (χ1) is 18.4. The van der Waals surface area contributed by atoms with Crippen LogP contribution >= 0.6 is 0 Å². The lowest BCUT2D eigenvalue weighted by Gasteiger charge is -2.27. The van der Waals surface area contributed by atoms with Gasteiger partial charge in [-0.15, -0.1) is 0 Å². The number of nitrogens with zero attached hydrogens (tertiary/aromatic N) is 4. The fourth-order valence-electron chi connectivity index (χ4n) is 4.70. The quantitative estimate of drug-likeness (QED) is 0.441. The fourth-order valence-corrected chi connectivity index (χ4v) is 4.70. The Morgan fingerprint density at radius 2 is 0.974 bits per heavy atom. The standard InChI is InChI=1S/C20H20O2.C12H4N4/c1-5-13-9-21-19-12(4)8-16-14(6-2)10-22-20-11(3)7-15(13)17(19)18(16)20;13-5-11(6-14)9-1-2-10(4-3-9)12(7-15)8-16/h7-10H,5-6H2,1-4H3;1-4H. The van der Waals surface area contributed by atoms with Crippen molar-refractivity contribution >= 4 is 33.1 Å². The monoisotopic (exact) mass is 496 g/mol. The number of rotatable bonds is 2. The Hall–Kier alpha value is -5.30. The van der Waals surface area contributed by atoms with Crippen LogP contribution in [0.4, 0.5) is 0 Å². The normalized spacial score (nSPS) is 12.0. The van der Waals surface area contributed by atoms with Crippen molar-refractivity contribution in [1.29, 1.82) is 21.0 Å². The van der Waals surface area contributed by atoms with E-state index in [1.165, 1.54) is 68.4 Å². The second-order valence-corrected chi connectivity index (χ2v) is 8.89. The van der Waals surface area contributed by atoms with Gasteiger partial charge in [-0.25, -0.2) is 0 Å². The van der Waals surface area contributed by atoms with Gasteiger partial charge in [0.15, 0.2) is 0 Å². The third kappa shape index (κ3) is 4.37. The molecule has 0 unspecified atom stereocenters. The lowest BCUT2D eigenvalue weighted by atomic mass is 9.86. The summed E-state index contributed by atoms with van der Waals surface area (Å²) in [5.74, 6) is 1.96. The Morgan fingerprint density at radius 3 is 1.26 bits per heavy atom. The number of ether oxygens (including phenoxy) is 2. The third-order valence-electron chi connectivity index (χ3n) is 6.68. The average Bonchev–Trinajstić information content (AvgIpc) is 2.95. The second-order valence-electron chi connectivity index (χ2n) is 8.89. The van der Waals surface area contributed by atoms with Crippen molar-refractivity contribution < 1.29 is 9.47 Å². The molecule has 3 aromatic rings. The Kier molecular flexibility index (Phi) is 7.30. The van der Waals surface area contributed by atoms with Gasteiger partial charge in [-0.1, -0.05) is 38.1 Å². The van der Waals surface area contributed by atoms with Crippen LogP contribution in [0, 0.1) is 59.2 Å². The van der Waals surface area contributed by atoms with Gasteiger partial charge in [0.25, 0.3) is 0 Å². The van der Waals surface area contributed by atoms with Crippen molar-refractivity contribution in [2.45, 2.75) is 40.5 Å². The van der Waals surface area contributed by atoms with Gasteiger partial charge in [-0.2, -0.15) is 21.0 Å². The summed E-state index contributed by atoms with van der Waals surface area (Å²) in [6.45, 7) is 8.60. The van der Waals surface area contributed by atoms with E-state index < -0.39 is 0 Å². The van der Waals surface area contributed by atoms with E-state index in [1.54, 1.807) is 24.3 Å². The summed E-state index contributed by atoms with van der Waals surface area (Å²) in [6, 6.07) is 17.7. The molecule has 2 heterocycles.